The average molecular weight is 1190 g/mol. The molecule has 0 radical (unpaired) electrons. The Morgan fingerprint density at radius 3 is 0.600 bits per heavy atom. The Hall–Kier alpha value is -0.320. The Labute approximate surface area is 529 Å². The molecule has 0 amide bonds. The van der Waals surface area contributed by atoms with E-state index in [2.05, 4.69) is 266 Å². The van der Waals surface area contributed by atoms with Gasteiger partial charge in [0.05, 0.1) is 13.2 Å². The van der Waals surface area contributed by atoms with Gasteiger partial charge in [-0.15, -0.1) is 0 Å². The minimum Gasteiger partial charge on any atom is -0.351 e. The number of hydrogen-bond donors (Lipinski definition) is 0. The van der Waals surface area contributed by atoms with Gasteiger partial charge in [-0.3, -0.25) is 29.4 Å². The van der Waals surface area contributed by atoms with Crippen LogP contribution < -0.4 is 0 Å². The third-order valence-electron chi connectivity index (χ3n) is 30.1. The summed E-state index contributed by atoms with van der Waals surface area (Å²) in [6.07, 6.45) is 19.6. The minimum absolute atomic E-state index is 0.0688. The second kappa shape index (κ2) is 21.4. The van der Waals surface area contributed by atoms with Crippen molar-refractivity contribution in [3.63, 3.8) is 0 Å². The molecule has 0 aromatic carbocycles. The van der Waals surface area contributed by atoms with Crippen molar-refractivity contribution >= 4 is 0 Å². The SMILES string of the molecule is CN1C(C)(C)CC(C(CC(C)(C)C2CC3(COC(C(C)(C)CC(C4CC(C)(C)N(C)C(C)(C)C4)(C4CC(C)(C)N(C)C(C)(C)C4)C4CC(C)(C)N(C)C(C)(C)C4)OC3)C2)(C2CC(C)(C)N(C)C(C)(C)C2)C2CC(C)(C)N(C)C(C)(C)C2)CC1(C)C. The van der Waals surface area contributed by atoms with Crippen molar-refractivity contribution in [2.24, 2.45) is 68.5 Å². The lowest BCUT2D eigenvalue weighted by molar-refractivity contribution is -0.304. The van der Waals surface area contributed by atoms with E-state index in [4.69, 9.17) is 9.47 Å². The topological polar surface area (TPSA) is 37.9 Å². The molecular formula is C77H146N6O2. The van der Waals surface area contributed by atoms with Crippen LogP contribution in [0.25, 0.3) is 0 Å². The third-order valence-corrected chi connectivity index (χ3v) is 30.1. The molecule has 7 aliphatic heterocycles. The van der Waals surface area contributed by atoms with Crippen LogP contribution in [0.1, 0.15) is 297 Å². The van der Waals surface area contributed by atoms with Crippen molar-refractivity contribution in [3.05, 3.63) is 0 Å². The van der Waals surface area contributed by atoms with Gasteiger partial charge in [0.1, 0.15) is 0 Å². The fourth-order valence-electron chi connectivity index (χ4n) is 24.0. The number of likely N-dealkylation sites (tertiary alicyclic amines) is 6. The summed E-state index contributed by atoms with van der Waals surface area (Å²) < 4.78 is 15.1. The average Bonchev–Trinajstić information content (AvgIpc) is 0.841. The zero-order valence-corrected chi connectivity index (χ0v) is 63.3. The monoisotopic (exact) mass is 1190 g/mol. The highest BCUT2D eigenvalue weighted by molar-refractivity contribution is 5.19. The van der Waals surface area contributed by atoms with Gasteiger partial charge in [0.25, 0.3) is 0 Å². The Morgan fingerprint density at radius 1 is 0.259 bits per heavy atom. The van der Waals surface area contributed by atoms with E-state index < -0.39 is 0 Å². The van der Waals surface area contributed by atoms with E-state index >= 15 is 0 Å². The summed E-state index contributed by atoms with van der Waals surface area (Å²) in [5, 5.41) is 0. The summed E-state index contributed by atoms with van der Waals surface area (Å²) in [5.41, 5.74) is 1.38. The van der Waals surface area contributed by atoms with Crippen LogP contribution in [0.5, 0.6) is 0 Å². The zero-order valence-electron chi connectivity index (χ0n) is 63.3. The van der Waals surface area contributed by atoms with E-state index in [1.165, 1.54) is 96.3 Å². The van der Waals surface area contributed by atoms with E-state index in [0.29, 0.717) is 41.4 Å². The van der Waals surface area contributed by atoms with Crippen molar-refractivity contribution in [1.29, 1.82) is 0 Å². The summed E-state index contributed by atoms with van der Waals surface area (Å²) >= 11 is 0. The van der Waals surface area contributed by atoms with Gasteiger partial charge in [0.15, 0.2) is 6.29 Å². The summed E-state index contributed by atoms with van der Waals surface area (Å²) in [4.78, 5) is 16.6. The predicted molar refractivity (Wildman–Crippen MR) is 364 cm³/mol. The Balaban J connectivity index is 1.15. The van der Waals surface area contributed by atoms with Crippen LogP contribution in [0, 0.1) is 68.5 Å². The smallest absolute Gasteiger partial charge is 0.162 e. The van der Waals surface area contributed by atoms with Gasteiger partial charge >= 0.3 is 0 Å². The van der Waals surface area contributed by atoms with Gasteiger partial charge in [-0.2, -0.15) is 0 Å². The molecule has 0 unspecified atom stereocenters. The van der Waals surface area contributed by atoms with Crippen LogP contribution in [-0.4, -0.2) is 158 Å². The lowest BCUT2D eigenvalue weighted by atomic mass is 9.42. The normalized spacial score (nSPS) is 34.8. The number of piperidine rings is 6. The molecule has 85 heavy (non-hydrogen) atoms. The molecule has 496 valence electrons. The Bertz CT molecular complexity index is 2070. The number of hydrogen-bond acceptors (Lipinski definition) is 8. The quantitative estimate of drug-likeness (QED) is 0.191. The highest BCUT2D eigenvalue weighted by atomic mass is 16.7. The van der Waals surface area contributed by atoms with Crippen LogP contribution in [0.15, 0.2) is 0 Å². The molecule has 1 spiro atoms. The van der Waals surface area contributed by atoms with E-state index in [1.54, 1.807) is 0 Å². The van der Waals surface area contributed by atoms with Crippen LogP contribution in [0.4, 0.5) is 0 Å². The van der Waals surface area contributed by atoms with Crippen LogP contribution in [0.3, 0.4) is 0 Å². The first-order valence-electron chi connectivity index (χ1n) is 35.5. The largest absolute Gasteiger partial charge is 0.351 e. The van der Waals surface area contributed by atoms with Crippen LogP contribution >= 0.6 is 0 Å². The van der Waals surface area contributed by atoms with Gasteiger partial charge in [-0.1, -0.05) is 27.7 Å². The first kappa shape index (κ1) is 70.5. The third kappa shape index (κ3) is 12.2. The lowest BCUT2D eigenvalue weighted by Gasteiger charge is -2.69. The van der Waals surface area contributed by atoms with E-state index in [9.17, 15) is 0 Å². The Kier molecular flexibility index (Phi) is 17.7. The maximum absolute atomic E-state index is 7.56. The molecule has 8 aliphatic rings. The second-order valence-electron chi connectivity index (χ2n) is 41.8. The van der Waals surface area contributed by atoms with Gasteiger partial charge in [0.2, 0.25) is 0 Å². The van der Waals surface area contributed by atoms with E-state index in [-0.39, 0.29) is 99.8 Å². The first-order valence-corrected chi connectivity index (χ1v) is 35.5. The Morgan fingerprint density at radius 2 is 0.424 bits per heavy atom. The summed E-state index contributed by atoms with van der Waals surface area (Å²) in [6.45, 7) is 74.4. The molecule has 8 nitrogen and oxygen atoms in total. The van der Waals surface area contributed by atoms with E-state index in [0.717, 1.165) is 19.6 Å². The zero-order chi connectivity index (χ0) is 64.7. The van der Waals surface area contributed by atoms with E-state index in [1.807, 2.05) is 0 Å². The fourth-order valence-corrected chi connectivity index (χ4v) is 24.0. The minimum atomic E-state index is -0.229. The molecule has 1 saturated carbocycles. The molecule has 7 heterocycles. The summed E-state index contributed by atoms with van der Waals surface area (Å²) in [5.74, 6) is 4.21. The van der Waals surface area contributed by atoms with Crippen molar-refractivity contribution in [3.8, 4) is 0 Å². The molecule has 8 fully saturated rings. The maximum atomic E-state index is 7.56. The fraction of sp³-hybridized carbons (Fsp3) is 1.00. The summed E-state index contributed by atoms with van der Waals surface area (Å²) in [7, 11) is 14.6. The molecule has 0 aromatic heterocycles. The molecule has 8 heteroatoms. The van der Waals surface area contributed by atoms with Gasteiger partial charge in [-0.05, 0) is 369 Å². The van der Waals surface area contributed by atoms with Crippen LogP contribution in [0.2, 0.25) is 0 Å². The molecule has 0 aromatic rings. The predicted octanol–water partition coefficient (Wildman–Crippen LogP) is 18.0. The molecule has 8 rings (SSSR count). The molecule has 0 bridgehead atoms. The molecule has 0 atom stereocenters. The summed E-state index contributed by atoms with van der Waals surface area (Å²) in [6, 6.07) is 0. The lowest BCUT2D eigenvalue weighted by Crippen LogP contribution is -2.69. The van der Waals surface area contributed by atoms with Crippen molar-refractivity contribution in [1.82, 2.24) is 29.4 Å². The van der Waals surface area contributed by atoms with Crippen molar-refractivity contribution < 1.29 is 9.47 Å². The highest BCUT2D eigenvalue weighted by Gasteiger charge is 2.68. The van der Waals surface area contributed by atoms with Gasteiger partial charge in [0, 0.05) is 77.3 Å². The number of ether oxygens (including phenoxy) is 2. The number of nitrogens with zero attached hydrogens (tertiary/aromatic N) is 6. The first-order chi connectivity index (χ1) is 37.8. The molecule has 1 aliphatic carbocycles. The van der Waals surface area contributed by atoms with Gasteiger partial charge in [-0.25, -0.2) is 0 Å². The van der Waals surface area contributed by atoms with Crippen LogP contribution in [-0.2, 0) is 9.47 Å². The van der Waals surface area contributed by atoms with Gasteiger partial charge < -0.3 is 9.47 Å². The molecule has 7 saturated heterocycles. The standard InChI is InChI=1S/C77H146N6O2/c1-61(2,49-76(54-35-63(5,6)78(29)64(7,8)36-54,55-37-65(9,10)79(30)66(11,12)38-55)56-39-67(13,14)80(31)68(15,16)40-56)53-47-75(48-53)51-84-60(85-52-75)62(3,4)50-77(57-41-69(17,18)81(32)70(19,20)42-57,58-43-71(21,22)82(33)72(23,24)44-58)59-45-73(25,26)83(34)74(27,28)46-59/h53-60H,35-52H2,1-34H3. The maximum Gasteiger partial charge on any atom is 0.162 e. The van der Waals surface area contributed by atoms with Crippen molar-refractivity contribution in [2.75, 3.05) is 55.5 Å². The second-order valence-corrected chi connectivity index (χ2v) is 41.8. The highest BCUT2D eigenvalue weighted by Crippen LogP contribution is 2.71. The molecule has 0 N–H and O–H groups in total. The number of rotatable bonds is 12. The van der Waals surface area contributed by atoms with Crippen molar-refractivity contribution in [2.45, 2.75) is 369 Å². The molecular weight excluding hydrogens is 1040 g/mol.